The van der Waals surface area contributed by atoms with E-state index in [-0.39, 0.29) is 0 Å². The Morgan fingerprint density at radius 1 is 1.20 bits per heavy atom. The molecule has 0 bridgehead atoms. The highest BCUT2D eigenvalue weighted by Gasteiger charge is 2.07. The van der Waals surface area contributed by atoms with Crippen molar-refractivity contribution < 1.29 is 9.53 Å². The zero-order valence-corrected chi connectivity index (χ0v) is 13.9. The van der Waals surface area contributed by atoms with Crippen molar-refractivity contribution in [3.05, 3.63) is 59.7 Å². The maximum absolute atomic E-state index is 11.1. The molecular formula is C18H19N5O2. The third-order valence-corrected chi connectivity index (χ3v) is 3.64. The molecule has 1 aromatic heterocycles. The van der Waals surface area contributed by atoms with E-state index in [4.69, 9.17) is 10.5 Å². The van der Waals surface area contributed by atoms with Crippen LogP contribution >= 0.6 is 0 Å². The van der Waals surface area contributed by atoms with Crippen molar-refractivity contribution in [2.45, 2.75) is 19.9 Å². The molecule has 0 aliphatic rings. The summed E-state index contributed by atoms with van der Waals surface area (Å²) in [6.07, 6.45) is 0.768. The topological polar surface area (TPSA) is 95.9 Å². The highest BCUT2D eigenvalue weighted by Crippen LogP contribution is 2.15. The average Bonchev–Trinajstić information content (AvgIpc) is 3.08. The molecule has 7 nitrogen and oxygen atoms in total. The first-order chi connectivity index (χ1) is 12.1. The van der Waals surface area contributed by atoms with Crippen LogP contribution in [0, 0.1) is 6.92 Å². The summed E-state index contributed by atoms with van der Waals surface area (Å²) in [6.45, 7) is 3.22. The quantitative estimate of drug-likeness (QED) is 0.667. The Bertz CT molecular complexity index is 858. The number of nitrogens with two attached hydrogens (primary N) is 1. The summed E-state index contributed by atoms with van der Waals surface area (Å²) in [5, 5.41) is 12.4. The average molecular weight is 337 g/mol. The summed E-state index contributed by atoms with van der Waals surface area (Å²) in [7, 11) is 0. The Morgan fingerprint density at radius 2 is 2.00 bits per heavy atom. The van der Waals surface area contributed by atoms with E-state index in [0.29, 0.717) is 24.5 Å². The monoisotopic (exact) mass is 337 g/mol. The van der Waals surface area contributed by atoms with Gasteiger partial charge in [0.15, 0.2) is 0 Å². The Morgan fingerprint density at radius 3 is 2.72 bits per heavy atom. The molecule has 1 amide bonds. The lowest BCUT2D eigenvalue weighted by Crippen LogP contribution is -2.10. The smallest absolute Gasteiger partial charge is 0.248 e. The number of aromatic nitrogens is 4. The van der Waals surface area contributed by atoms with Gasteiger partial charge >= 0.3 is 0 Å². The number of benzene rings is 2. The number of hydrogen-bond acceptors (Lipinski definition) is 5. The molecule has 0 fully saturated rings. The van der Waals surface area contributed by atoms with Crippen LogP contribution in [0.25, 0.3) is 11.4 Å². The first-order valence-corrected chi connectivity index (χ1v) is 7.99. The molecule has 0 radical (unpaired) electrons. The molecule has 1 heterocycles. The highest BCUT2D eigenvalue weighted by atomic mass is 16.5. The Kier molecular flexibility index (Phi) is 5.03. The molecule has 3 aromatic rings. The Hall–Kier alpha value is -3.22. The summed E-state index contributed by atoms with van der Waals surface area (Å²) in [5.74, 6) is 0.911. The SMILES string of the molecule is Cc1cccc(OCCCn2nnc(-c3ccc(C(N)=O)cc3)n2)c1. The first-order valence-electron chi connectivity index (χ1n) is 7.99. The van der Waals surface area contributed by atoms with Crippen LogP contribution in [0.2, 0.25) is 0 Å². The molecule has 0 saturated carbocycles. The number of primary amides is 1. The van der Waals surface area contributed by atoms with E-state index in [1.165, 1.54) is 10.4 Å². The fourth-order valence-electron chi connectivity index (χ4n) is 2.34. The van der Waals surface area contributed by atoms with Crippen LogP contribution in [0.1, 0.15) is 22.3 Å². The van der Waals surface area contributed by atoms with Crippen molar-refractivity contribution in [2.24, 2.45) is 5.73 Å². The largest absolute Gasteiger partial charge is 0.494 e. The second-order valence-electron chi connectivity index (χ2n) is 5.67. The van der Waals surface area contributed by atoms with Crippen LogP contribution in [0.15, 0.2) is 48.5 Å². The van der Waals surface area contributed by atoms with Gasteiger partial charge in [-0.25, -0.2) is 0 Å². The minimum atomic E-state index is -0.461. The lowest BCUT2D eigenvalue weighted by atomic mass is 10.1. The van der Waals surface area contributed by atoms with E-state index in [9.17, 15) is 4.79 Å². The molecule has 2 aromatic carbocycles. The lowest BCUT2D eigenvalue weighted by molar-refractivity contribution is 0.100. The van der Waals surface area contributed by atoms with Gasteiger partial charge in [0.05, 0.1) is 13.2 Å². The molecule has 128 valence electrons. The summed E-state index contributed by atoms with van der Waals surface area (Å²) in [5.41, 5.74) is 7.63. The van der Waals surface area contributed by atoms with E-state index in [1.807, 2.05) is 31.2 Å². The first kappa shape index (κ1) is 16.6. The van der Waals surface area contributed by atoms with Crippen molar-refractivity contribution in [3.63, 3.8) is 0 Å². The van der Waals surface area contributed by atoms with Gasteiger partial charge in [-0.2, -0.15) is 4.80 Å². The number of aryl methyl sites for hydroxylation is 2. The van der Waals surface area contributed by atoms with Gasteiger partial charge in [-0.05, 0) is 42.0 Å². The van der Waals surface area contributed by atoms with E-state index in [0.717, 1.165) is 17.7 Å². The molecular weight excluding hydrogens is 318 g/mol. The van der Waals surface area contributed by atoms with Gasteiger partial charge in [0.25, 0.3) is 0 Å². The van der Waals surface area contributed by atoms with E-state index in [2.05, 4.69) is 15.4 Å². The third-order valence-electron chi connectivity index (χ3n) is 3.64. The molecule has 3 rings (SSSR count). The van der Waals surface area contributed by atoms with Gasteiger partial charge in [0, 0.05) is 17.5 Å². The lowest BCUT2D eigenvalue weighted by Gasteiger charge is -2.06. The van der Waals surface area contributed by atoms with Gasteiger partial charge < -0.3 is 10.5 Å². The number of amides is 1. The van der Waals surface area contributed by atoms with Crippen LogP contribution in [0.3, 0.4) is 0 Å². The number of carbonyl (C=O) groups is 1. The molecule has 0 saturated heterocycles. The van der Waals surface area contributed by atoms with Crippen molar-refractivity contribution >= 4 is 5.91 Å². The third kappa shape index (κ3) is 4.41. The summed E-state index contributed by atoms with van der Waals surface area (Å²) >= 11 is 0. The summed E-state index contributed by atoms with van der Waals surface area (Å²) in [4.78, 5) is 12.6. The number of tetrazole rings is 1. The van der Waals surface area contributed by atoms with Crippen molar-refractivity contribution in [1.82, 2.24) is 20.2 Å². The maximum atomic E-state index is 11.1. The van der Waals surface area contributed by atoms with Crippen molar-refractivity contribution in [3.8, 4) is 17.1 Å². The Balaban J connectivity index is 1.52. The molecule has 2 N–H and O–H groups in total. The van der Waals surface area contributed by atoms with Gasteiger partial charge in [-0.15, -0.1) is 10.2 Å². The molecule has 25 heavy (non-hydrogen) atoms. The van der Waals surface area contributed by atoms with Crippen LogP contribution in [-0.4, -0.2) is 32.7 Å². The van der Waals surface area contributed by atoms with E-state index in [1.54, 1.807) is 24.3 Å². The van der Waals surface area contributed by atoms with Crippen molar-refractivity contribution in [1.29, 1.82) is 0 Å². The van der Waals surface area contributed by atoms with Crippen LogP contribution < -0.4 is 10.5 Å². The Labute approximate surface area is 145 Å². The fourth-order valence-corrected chi connectivity index (χ4v) is 2.34. The maximum Gasteiger partial charge on any atom is 0.248 e. The van der Waals surface area contributed by atoms with Crippen LogP contribution in [0.5, 0.6) is 5.75 Å². The van der Waals surface area contributed by atoms with Crippen LogP contribution in [-0.2, 0) is 6.54 Å². The predicted octanol–water partition coefficient (Wildman–Crippen LogP) is 2.22. The number of nitrogens with zero attached hydrogens (tertiary/aromatic N) is 4. The summed E-state index contributed by atoms with van der Waals surface area (Å²) < 4.78 is 5.70. The van der Waals surface area contributed by atoms with Crippen LogP contribution in [0.4, 0.5) is 0 Å². The van der Waals surface area contributed by atoms with Gasteiger partial charge in [-0.3, -0.25) is 4.79 Å². The molecule has 0 aliphatic heterocycles. The zero-order chi connectivity index (χ0) is 17.6. The standard InChI is InChI=1S/C18H19N5O2/c1-13-4-2-5-16(12-13)25-11-3-10-23-21-18(20-22-23)15-8-6-14(7-9-15)17(19)24/h2,4-9,12H,3,10-11H2,1H3,(H2,19,24). The molecule has 7 heteroatoms. The summed E-state index contributed by atoms with van der Waals surface area (Å²) in [6, 6.07) is 14.7. The number of hydrogen-bond donors (Lipinski definition) is 1. The zero-order valence-electron chi connectivity index (χ0n) is 13.9. The van der Waals surface area contributed by atoms with Gasteiger partial charge in [-0.1, -0.05) is 24.3 Å². The molecule has 0 spiro atoms. The van der Waals surface area contributed by atoms with Gasteiger partial charge in [0.1, 0.15) is 5.75 Å². The predicted molar refractivity (Wildman–Crippen MR) is 93.1 cm³/mol. The molecule has 0 atom stereocenters. The second kappa shape index (κ2) is 7.57. The van der Waals surface area contributed by atoms with E-state index < -0.39 is 5.91 Å². The highest BCUT2D eigenvalue weighted by molar-refractivity contribution is 5.93. The van der Waals surface area contributed by atoms with E-state index >= 15 is 0 Å². The normalized spacial score (nSPS) is 10.6. The minimum absolute atomic E-state index is 0.449. The second-order valence-corrected chi connectivity index (χ2v) is 5.67. The minimum Gasteiger partial charge on any atom is -0.494 e. The van der Waals surface area contributed by atoms with Crippen molar-refractivity contribution in [2.75, 3.05) is 6.61 Å². The fraction of sp³-hybridized carbons (Fsp3) is 0.222. The number of rotatable bonds is 7. The molecule has 0 aliphatic carbocycles. The molecule has 0 unspecified atom stereocenters. The number of ether oxygens (including phenoxy) is 1. The van der Waals surface area contributed by atoms with Gasteiger partial charge in [0.2, 0.25) is 11.7 Å². The number of carbonyl (C=O) groups excluding carboxylic acids is 1.